The summed E-state index contributed by atoms with van der Waals surface area (Å²) in [6.45, 7) is 3.88. The summed E-state index contributed by atoms with van der Waals surface area (Å²) >= 11 is 0. The first-order valence-corrected chi connectivity index (χ1v) is 9.12. The number of nitrogens with zero attached hydrogens (tertiary/aromatic N) is 2. The van der Waals surface area contributed by atoms with Crippen LogP contribution in [0.4, 0.5) is 5.69 Å². The van der Waals surface area contributed by atoms with E-state index in [9.17, 15) is 4.79 Å². The molecule has 2 aromatic carbocycles. The Bertz CT molecular complexity index is 936. The summed E-state index contributed by atoms with van der Waals surface area (Å²) in [5.74, 6) is -0.0558. The Balaban J connectivity index is 1.48. The molecule has 2 unspecified atom stereocenters. The van der Waals surface area contributed by atoms with Gasteiger partial charge in [-0.05, 0) is 38.0 Å². The third kappa shape index (κ3) is 3.49. The number of aryl methyl sites for hydroxylation is 1. The average Bonchev–Trinajstić information content (AvgIpc) is 3.30. The second-order valence-electron chi connectivity index (χ2n) is 6.82. The smallest absolute Gasteiger partial charge is 0.243 e. The van der Waals surface area contributed by atoms with Gasteiger partial charge in [0.25, 0.3) is 0 Å². The summed E-state index contributed by atoms with van der Waals surface area (Å²) in [4.78, 5) is 12.8. The van der Waals surface area contributed by atoms with E-state index >= 15 is 0 Å². The van der Waals surface area contributed by atoms with Crippen molar-refractivity contribution in [3.63, 3.8) is 0 Å². The maximum atomic E-state index is 12.8. The number of hydrazine groups is 1. The van der Waals surface area contributed by atoms with E-state index in [-0.39, 0.29) is 18.0 Å². The molecule has 1 aliphatic heterocycles. The number of carbonyl (C=O) groups excluding carboxylic acids is 1. The zero-order valence-corrected chi connectivity index (χ0v) is 15.4. The molecule has 3 aromatic rings. The van der Waals surface area contributed by atoms with Crippen molar-refractivity contribution in [2.75, 3.05) is 5.32 Å². The Hall–Kier alpha value is -2.96. The van der Waals surface area contributed by atoms with Crippen LogP contribution in [0.15, 0.2) is 60.7 Å². The first-order chi connectivity index (χ1) is 13.1. The maximum absolute atomic E-state index is 12.8. The fourth-order valence-corrected chi connectivity index (χ4v) is 3.49. The average molecular weight is 361 g/mol. The molecule has 2 atom stereocenters. The summed E-state index contributed by atoms with van der Waals surface area (Å²) in [5, 5.41) is 7.65. The summed E-state index contributed by atoms with van der Waals surface area (Å²) in [6.07, 6.45) is 0.695. The molecule has 3 N–H and O–H groups in total. The van der Waals surface area contributed by atoms with Gasteiger partial charge in [0.05, 0.1) is 22.8 Å². The summed E-state index contributed by atoms with van der Waals surface area (Å²) in [6, 6.07) is 19.9. The van der Waals surface area contributed by atoms with E-state index in [0.29, 0.717) is 6.42 Å². The van der Waals surface area contributed by atoms with Crippen LogP contribution in [0.2, 0.25) is 0 Å². The van der Waals surface area contributed by atoms with Crippen LogP contribution < -0.4 is 16.2 Å². The number of amides is 1. The minimum absolute atomic E-state index is 0.0558. The number of rotatable bonds is 4. The van der Waals surface area contributed by atoms with Crippen molar-refractivity contribution >= 4 is 11.6 Å². The van der Waals surface area contributed by atoms with Crippen molar-refractivity contribution in [2.45, 2.75) is 32.4 Å². The molecule has 0 bridgehead atoms. The Morgan fingerprint density at radius 2 is 1.70 bits per heavy atom. The number of hydrogen-bond acceptors (Lipinski definition) is 4. The van der Waals surface area contributed by atoms with Crippen molar-refractivity contribution in [3.05, 3.63) is 77.6 Å². The number of benzene rings is 2. The van der Waals surface area contributed by atoms with Crippen LogP contribution in [-0.4, -0.2) is 21.7 Å². The van der Waals surface area contributed by atoms with Gasteiger partial charge in [0.15, 0.2) is 0 Å². The molecule has 0 spiro atoms. The third-order valence-corrected chi connectivity index (χ3v) is 4.96. The van der Waals surface area contributed by atoms with Gasteiger partial charge in [0, 0.05) is 6.04 Å². The van der Waals surface area contributed by atoms with Gasteiger partial charge in [0.2, 0.25) is 5.91 Å². The molecule has 0 radical (unpaired) electrons. The van der Waals surface area contributed by atoms with Gasteiger partial charge in [-0.25, -0.2) is 15.5 Å². The normalized spacial score (nSPS) is 19.2. The van der Waals surface area contributed by atoms with Crippen molar-refractivity contribution in [1.82, 2.24) is 20.6 Å². The minimum atomic E-state index is -0.297. The quantitative estimate of drug-likeness (QED) is 0.668. The second kappa shape index (κ2) is 7.34. The van der Waals surface area contributed by atoms with Gasteiger partial charge in [-0.1, -0.05) is 48.5 Å². The van der Waals surface area contributed by atoms with Crippen LogP contribution in [0.1, 0.15) is 29.4 Å². The number of nitrogens with one attached hydrogen (secondary N) is 3. The van der Waals surface area contributed by atoms with Crippen molar-refractivity contribution in [1.29, 1.82) is 0 Å². The predicted molar refractivity (Wildman–Crippen MR) is 106 cm³/mol. The Morgan fingerprint density at radius 1 is 1.04 bits per heavy atom. The highest BCUT2D eigenvalue weighted by Gasteiger charge is 2.31. The zero-order valence-electron chi connectivity index (χ0n) is 15.4. The molecular formula is C21H23N5O. The maximum Gasteiger partial charge on any atom is 0.243 e. The monoisotopic (exact) mass is 361 g/mol. The lowest BCUT2D eigenvalue weighted by Gasteiger charge is -2.11. The van der Waals surface area contributed by atoms with E-state index in [1.807, 2.05) is 67.1 Å². The SMILES string of the molecule is Cc1nn(-c2ccccc2)c(C)c1NC(=O)C1CC(c2ccccc2)NN1. The topological polar surface area (TPSA) is 71.0 Å². The van der Waals surface area contributed by atoms with Gasteiger partial charge in [-0.3, -0.25) is 4.79 Å². The summed E-state index contributed by atoms with van der Waals surface area (Å²) in [5.41, 5.74) is 11.0. The van der Waals surface area contributed by atoms with E-state index in [2.05, 4.69) is 33.4 Å². The van der Waals surface area contributed by atoms with Crippen molar-refractivity contribution in [2.24, 2.45) is 0 Å². The molecule has 1 fully saturated rings. The summed E-state index contributed by atoms with van der Waals surface area (Å²) < 4.78 is 1.86. The first-order valence-electron chi connectivity index (χ1n) is 9.12. The predicted octanol–water partition coefficient (Wildman–Crippen LogP) is 3.04. The standard InChI is InChI=1S/C21H23N5O/c1-14-20(15(2)26(25-14)17-11-7-4-8-12-17)22-21(27)19-13-18(23-24-19)16-9-5-3-6-10-16/h3-12,18-19,23-24H,13H2,1-2H3,(H,22,27). The molecule has 1 amide bonds. The molecule has 1 saturated heterocycles. The third-order valence-electron chi connectivity index (χ3n) is 4.96. The molecule has 0 aliphatic carbocycles. The van der Waals surface area contributed by atoms with Gasteiger partial charge < -0.3 is 5.32 Å². The second-order valence-corrected chi connectivity index (χ2v) is 6.82. The number of carbonyl (C=O) groups is 1. The molecule has 6 nitrogen and oxygen atoms in total. The summed E-state index contributed by atoms with van der Waals surface area (Å²) in [7, 11) is 0. The van der Waals surface area contributed by atoms with Crippen LogP contribution in [0.25, 0.3) is 5.69 Å². The number of anilines is 1. The molecule has 1 aliphatic rings. The molecule has 27 heavy (non-hydrogen) atoms. The van der Waals surface area contributed by atoms with E-state index in [4.69, 9.17) is 0 Å². The van der Waals surface area contributed by atoms with Crippen molar-refractivity contribution in [3.8, 4) is 5.69 Å². The van der Waals surface area contributed by atoms with Crippen LogP contribution >= 0.6 is 0 Å². The lowest BCUT2D eigenvalue weighted by Crippen LogP contribution is -2.39. The van der Waals surface area contributed by atoms with Crippen LogP contribution in [0.5, 0.6) is 0 Å². The van der Waals surface area contributed by atoms with Crippen LogP contribution in [0, 0.1) is 13.8 Å². The van der Waals surface area contributed by atoms with Gasteiger partial charge in [0.1, 0.15) is 6.04 Å². The van der Waals surface area contributed by atoms with E-state index in [1.165, 1.54) is 5.56 Å². The van der Waals surface area contributed by atoms with E-state index < -0.39 is 0 Å². The molecule has 138 valence electrons. The van der Waals surface area contributed by atoms with E-state index in [0.717, 1.165) is 22.8 Å². The first kappa shape index (κ1) is 17.5. The molecule has 0 saturated carbocycles. The lowest BCUT2D eigenvalue weighted by molar-refractivity contribution is -0.117. The van der Waals surface area contributed by atoms with Gasteiger partial charge in [-0.15, -0.1) is 0 Å². The highest BCUT2D eigenvalue weighted by Crippen LogP contribution is 2.25. The number of aromatic nitrogens is 2. The van der Waals surface area contributed by atoms with Crippen molar-refractivity contribution < 1.29 is 4.79 Å². The zero-order chi connectivity index (χ0) is 18.8. The molecule has 6 heteroatoms. The van der Waals surface area contributed by atoms with Crippen LogP contribution in [-0.2, 0) is 4.79 Å². The van der Waals surface area contributed by atoms with E-state index in [1.54, 1.807) is 0 Å². The van der Waals surface area contributed by atoms with Gasteiger partial charge >= 0.3 is 0 Å². The fourth-order valence-electron chi connectivity index (χ4n) is 3.49. The largest absolute Gasteiger partial charge is 0.322 e. The Labute approximate surface area is 158 Å². The number of para-hydroxylation sites is 1. The lowest BCUT2D eigenvalue weighted by atomic mass is 10.0. The molecular weight excluding hydrogens is 338 g/mol. The minimum Gasteiger partial charge on any atom is -0.322 e. The Morgan fingerprint density at radius 3 is 2.41 bits per heavy atom. The van der Waals surface area contributed by atoms with Gasteiger partial charge in [-0.2, -0.15) is 5.10 Å². The molecule has 2 heterocycles. The molecule has 4 rings (SSSR count). The number of hydrogen-bond donors (Lipinski definition) is 3. The van der Waals surface area contributed by atoms with Crippen LogP contribution in [0.3, 0.4) is 0 Å². The fraction of sp³-hybridized carbons (Fsp3) is 0.238. The highest BCUT2D eigenvalue weighted by molar-refractivity contribution is 5.96. The molecule has 1 aromatic heterocycles. The highest BCUT2D eigenvalue weighted by atomic mass is 16.2. The Kier molecular flexibility index (Phi) is 4.75.